The van der Waals surface area contributed by atoms with Crippen molar-refractivity contribution in [2.45, 2.75) is 32.9 Å². The predicted octanol–water partition coefficient (Wildman–Crippen LogP) is 4.39. The fraction of sp³-hybridized carbons (Fsp3) is 0.333. The molecule has 2 amide bonds. The molecule has 0 saturated carbocycles. The summed E-state index contributed by atoms with van der Waals surface area (Å²) in [6.07, 6.45) is 0.794. The van der Waals surface area contributed by atoms with Gasteiger partial charge in [0, 0.05) is 24.7 Å². The van der Waals surface area contributed by atoms with Gasteiger partial charge < -0.3 is 19.5 Å². The number of benzene rings is 3. The van der Waals surface area contributed by atoms with Crippen LogP contribution in [0, 0.1) is 5.92 Å². The van der Waals surface area contributed by atoms with Crippen molar-refractivity contribution in [1.29, 1.82) is 0 Å². The van der Waals surface area contributed by atoms with E-state index in [1.807, 2.05) is 24.3 Å². The quantitative estimate of drug-likeness (QED) is 0.281. The standard InChI is InChI=1S/C30H35N5O5/c1-20(2)13-14-31-30(37)29(21-9-8-10-23(15-21)38-3)35(22-16-24(39-4)18-25(17-22)40-5)28(36)19-34-27-12-7-6-11-26(27)32-33-34/h6-12,15-18,20,29H,13-14,19H2,1-5H3,(H,31,37)/t29-/m1/s1. The SMILES string of the molecule is COc1cccc([C@H](C(=O)NCCC(C)C)N(C(=O)Cn2nnc3ccccc32)c2cc(OC)cc(OC)c2)c1. The number of hydrogen-bond acceptors (Lipinski definition) is 7. The molecule has 0 bridgehead atoms. The number of nitrogens with one attached hydrogen (secondary N) is 1. The summed E-state index contributed by atoms with van der Waals surface area (Å²) in [5.74, 6) is 1.21. The summed E-state index contributed by atoms with van der Waals surface area (Å²) >= 11 is 0. The van der Waals surface area contributed by atoms with Crippen molar-refractivity contribution in [2.24, 2.45) is 5.92 Å². The van der Waals surface area contributed by atoms with E-state index < -0.39 is 6.04 Å². The Morgan fingerprint density at radius 3 is 2.27 bits per heavy atom. The maximum absolute atomic E-state index is 14.3. The van der Waals surface area contributed by atoms with E-state index in [1.165, 1.54) is 23.8 Å². The number of amides is 2. The van der Waals surface area contributed by atoms with Crippen molar-refractivity contribution >= 4 is 28.5 Å². The molecule has 10 heteroatoms. The minimum Gasteiger partial charge on any atom is -0.497 e. The van der Waals surface area contributed by atoms with Crippen molar-refractivity contribution in [2.75, 3.05) is 32.8 Å². The van der Waals surface area contributed by atoms with Crippen LogP contribution in [0.25, 0.3) is 11.0 Å². The summed E-state index contributed by atoms with van der Waals surface area (Å²) in [7, 11) is 4.62. The zero-order valence-corrected chi connectivity index (χ0v) is 23.5. The van der Waals surface area contributed by atoms with Gasteiger partial charge in [0.15, 0.2) is 0 Å². The third kappa shape index (κ3) is 6.51. The van der Waals surface area contributed by atoms with Crippen LogP contribution in [0.4, 0.5) is 5.69 Å². The van der Waals surface area contributed by atoms with Gasteiger partial charge in [-0.25, -0.2) is 4.68 Å². The summed E-state index contributed by atoms with van der Waals surface area (Å²) in [6, 6.07) is 18.6. The Morgan fingerprint density at radius 2 is 1.60 bits per heavy atom. The van der Waals surface area contributed by atoms with Gasteiger partial charge in [0.05, 0.1) is 32.5 Å². The Bertz CT molecular complexity index is 1450. The van der Waals surface area contributed by atoms with Crippen LogP contribution in [-0.2, 0) is 16.1 Å². The van der Waals surface area contributed by atoms with E-state index in [4.69, 9.17) is 14.2 Å². The summed E-state index contributed by atoms with van der Waals surface area (Å²) in [5.41, 5.74) is 2.39. The topological polar surface area (TPSA) is 108 Å². The van der Waals surface area contributed by atoms with Gasteiger partial charge in [-0.1, -0.05) is 43.3 Å². The lowest BCUT2D eigenvalue weighted by molar-refractivity contribution is -0.127. The Morgan fingerprint density at radius 1 is 0.900 bits per heavy atom. The number of nitrogens with zero attached hydrogens (tertiary/aromatic N) is 4. The molecule has 1 atom stereocenters. The summed E-state index contributed by atoms with van der Waals surface area (Å²) in [4.78, 5) is 29.6. The lowest BCUT2D eigenvalue weighted by Gasteiger charge is -2.32. The molecule has 0 aliphatic rings. The van der Waals surface area contributed by atoms with Crippen molar-refractivity contribution in [3.63, 3.8) is 0 Å². The zero-order chi connectivity index (χ0) is 28.6. The zero-order valence-electron chi connectivity index (χ0n) is 23.5. The number of rotatable bonds is 12. The molecule has 4 rings (SSSR count). The number of methoxy groups -OCH3 is 3. The first-order chi connectivity index (χ1) is 19.3. The van der Waals surface area contributed by atoms with Crippen molar-refractivity contribution in [3.8, 4) is 17.2 Å². The van der Waals surface area contributed by atoms with Crippen molar-refractivity contribution in [3.05, 3.63) is 72.3 Å². The number of anilines is 1. The molecular weight excluding hydrogens is 510 g/mol. The molecule has 210 valence electrons. The van der Waals surface area contributed by atoms with E-state index in [1.54, 1.807) is 49.6 Å². The highest BCUT2D eigenvalue weighted by Crippen LogP contribution is 2.35. The number of carbonyl (C=O) groups excluding carboxylic acids is 2. The van der Waals surface area contributed by atoms with Gasteiger partial charge >= 0.3 is 0 Å². The first-order valence-electron chi connectivity index (χ1n) is 13.1. The number of carbonyl (C=O) groups is 2. The van der Waals surface area contributed by atoms with E-state index in [2.05, 4.69) is 29.5 Å². The van der Waals surface area contributed by atoms with Crippen LogP contribution in [0.1, 0.15) is 31.9 Å². The van der Waals surface area contributed by atoms with Crippen LogP contribution in [0.15, 0.2) is 66.7 Å². The molecule has 1 heterocycles. The number of fused-ring (bicyclic) bond motifs is 1. The van der Waals surface area contributed by atoms with Gasteiger partial charge in [0.1, 0.15) is 35.4 Å². The van der Waals surface area contributed by atoms with Gasteiger partial charge in [-0.05, 0) is 42.2 Å². The van der Waals surface area contributed by atoms with Gasteiger partial charge in [-0.15, -0.1) is 5.10 Å². The van der Waals surface area contributed by atoms with Crippen LogP contribution >= 0.6 is 0 Å². The molecule has 0 radical (unpaired) electrons. The maximum Gasteiger partial charge on any atom is 0.249 e. The molecule has 0 unspecified atom stereocenters. The van der Waals surface area contributed by atoms with E-state index in [0.717, 1.165) is 6.42 Å². The fourth-order valence-electron chi connectivity index (χ4n) is 4.42. The Kier molecular flexibility index (Phi) is 9.21. The number of hydrogen-bond donors (Lipinski definition) is 1. The van der Waals surface area contributed by atoms with Gasteiger partial charge in [0.25, 0.3) is 0 Å². The number of ether oxygens (including phenoxy) is 3. The van der Waals surface area contributed by atoms with Crippen molar-refractivity contribution in [1.82, 2.24) is 20.3 Å². The molecule has 0 spiro atoms. The molecule has 0 saturated heterocycles. The molecule has 4 aromatic rings. The largest absolute Gasteiger partial charge is 0.497 e. The highest BCUT2D eigenvalue weighted by molar-refractivity contribution is 6.02. The normalized spacial score (nSPS) is 11.8. The summed E-state index contributed by atoms with van der Waals surface area (Å²) in [5, 5.41) is 11.4. The molecule has 3 aromatic carbocycles. The second-order valence-electron chi connectivity index (χ2n) is 9.72. The van der Waals surface area contributed by atoms with Crippen LogP contribution in [0.3, 0.4) is 0 Å². The van der Waals surface area contributed by atoms with Crippen LogP contribution in [0.2, 0.25) is 0 Å². The number of para-hydroxylation sites is 1. The van der Waals surface area contributed by atoms with Crippen LogP contribution in [0.5, 0.6) is 17.2 Å². The lowest BCUT2D eigenvalue weighted by atomic mass is 10.0. The molecular formula is C30H35N5O5. The second-order valence-corrected chi connectivity index (χ2v) is 9.72. The molecule has 0 fully saturated rings. The van der Waals surface area contributed by atoms with E-state index in [9.17, 15) is 9.59 Å². The monoisotopic (exact) mass is 545 g/mol. The third-order valence-electron chi connectivity index (χ3n) is 6.53. The second kappa shape index (κ2) is 13.0. The smallest absolute Gasteiger partial charge is 0.249 e. The maximum atomic E-state index is 14.3. The first-order valence-corrected chi connectivity index (χ1v) is 13.1. The minimum absolute atomic E-state index is 0.153. The Labute approximate surface area is 233 Å². The van der Waals surface area contributed by atoms with Crippen LogP contribution < -0.4 is 24.4 Å². The summed E-state index contributed by atoms with van der Waals surface area (Å²) in [6.45, 7) is 4.49. The molecule has 1 N–H and O–H groups in total. The van der Waals surface area contributed by atoms with Gasteiger partial charge in [-0.2, -0.15) is 0 Å². The molecule has 10 nitrogen and oxygen atoms in total. The van der Waals surface area contributed by atoms with Crippen LogP contribution in [-0.4, -0.2) is 54.7 Å². The molecule has 1 aromatic heterocycles. The number of aromatic nitrogens is 3. The van der Waals surface area contributed by atoms with E-state index in [-0.39, 0.29) is 18.4 Å². The highest BCUT2D eigenvalue weighted by atomic mass is 16.5. The average Bonchev–Trinajstić information content (AvgIpc) is 3.37. The minimum atomic E-state index is -1.03. The van der Waals surface area contributed by atoms with E-state index in [0.29, 0.717) is 52.0 Å². The summed E-state index contributed by atoms with van der Waals surface area (Å²) < 4.78 is 18.0. The Balaban J connectivity index is 1.85. The van der Waals surface area contributed by atoms with Gasteiger partial charge in [0.2, 0.25) is 11.8 Å². The molecule has 40 heavy (non-hydrogen) atoms. The Hall–Kier alpha value is -4.60. The fourth-order valence-corrected chi connectivity index (χ4v) is 4.42. The average molecular weight is 546 g/mol. The van der Waals surface area contributed by atoms with Gasteiger partial charge in [-0.3, -0.25) is 14.5 Å². The highest BCUT2D eigenvalue weighted by Gasteiger charge is 2.34. The lowest BCUT2D eigenvalue weighted by Crippen LogP contribution is -2.45. The first kappa shape index (κ1) is 28.4. The third-order valence-corrected chi connectivity index (χ3v) is 6.53. The molecule has 0 aliphatic carbocycles. The van der Waals surface area contributed by atoms with E-state index >= 15 is 0 Å². The molecule has 0 aliphatic heterocycles. The van der Waals surface area contributed by atoms with Crippen molar-refractivity contribution < 1.29 is 23.8 Å². The predicted molar refractivity (Wildman–Crippen MR) is 153 cm³/mol.